The number of rotatable bonds is 5. The third-order valence-corrected chi connectivity index (χ3v) is 3.22. The number of ether oxygens (including phenoxy) is 2. The van der Waals surface area contributed by atoms with Crippen LogP contribution in [-0.2, 0) is 19.9 Å². The average Bonchev–Trinajstić information content (AvgIpc) is 2.76. The summed E-state index contributed by atoms with van der Waals surface area (Å²) in [7, 11) is 5.01. The minimum absolute atomic E-state index is 0.0812. The van der Waals surface area contributed by atoms with Crippen molar-refractivity contribution in [2.24, 2.45) is 7.05 Å². The van der Waals surface area contributed by atoms with E-state index in [2.05, 4.69) is 4.98 Å². The second-order valence-electron chi connectivity index (χ2n) is 4.33. The molecule has 1 aromatic carbocycles. The first kappa shape index (κ1) is 13.3. The van der Waals surface area contributed by atoms with Gasteiger partial charge in [0.1, 0.15) is 0 Å². The Bertz CT molecular complexity index is 613. The van der Waals surface area contributed by atoms with Gasteiger partial charge in [-0.25, -0.2) is 4.79 Å². The molecular formula is C14H18N2O3. The van der Waals surface area contributed by atoms with E-state index in [-0.39, 0.29) is 5.69 Å². The van der Waals surface area contributed by atoms with Gasteiger partial charge in [0, 0.05) is 18.9 Å². The van der Waals surface area contributed by atoms with Gasteiger partial charge in [0.2, 0.25) is 0 Å². The summed E-state index contributed by atoms with van der Waals surface area (Å²) >= 11 is 0. The fourth-order valence-corrected chi connectivity index (χ4v) is 2.02. The molecule has 5 nitrogen and oxygen atoms in total. The number of aryl methyl sites for hydroxylation is 2. The van der Waals surface area contributed by atoms with Crippen LogP contribution in [0.25, 0.3) is 0 Å². The number of benzene rings is 1. The van der Waals surface area contributed by atoms with Crippen molar-refractivity contribution in [3.05, 3.63) is 46.1 Å². The Labute approximate surface area is 111 Å². The molecule has 0 fully saturated rings. The van der Waals surface area contributed by atoms with E-state index in [1.165, 1.54) is 0 Å². The Morgan fingerprint density at radius 3 is 2.47 bits per heavy atom. The van der Waals surface area contributed by atoms with Crippen LogP contribution in [0.3, 0.4) is 0 Å². The molecule has 1 heterocycles. The van der Waals surface area contributed by atoms with Crippen molar-refractivity contribution in [1.29, 1.82) is 0 Å². The van der Waals surface area contributed by atoms with Crippen molar-refractivity contribution < 1.29 is 9.47 Å². The number of nitrogens with one attached hydrogen (secondary N) is 1. The van der Waals surface area contributed by atoms with Crippen LogP contribution in [0, 0.1) is 0 Å². The first-order chi connectivity index (χ1) is 9.15. The molecule has 19 heavy (non-hydrogen) atoms. The number of methoxy groups -OCH3 is 2. The fourth-order valence-electron chi connectivity index (χ4n) is 2.02. The molecule has 0 amide bonds. The first-order valence-corrected chi connectivity index (χ1v) is 6.10. The SMILES string of the molecule is COc1ccc(CCc2c[nH]c(=O)n2C)cc1OC. The van der Waals surface area contributed by atoms with Gasteiger partial charge in [-0.1, -0.05) is 6.07 Å². The summed E-state index contributed by atoms with van der Waals surface area (Å²) < 4.78 is 12.1. The van der Waals surface area contributed by atoms with E-state index in [1.807, 2.05) is 18.2 Å². The Kier molecular flexibility index (Phi) is 3.94. The molecule has 0 atom stereocenters. The Balaban J connectivity index is 2.11. The van der Waals surface area contributed by atoms with Crippen molar-refractivity contribution in [3.63, 3.8) is 0 Å². The Morgan fingerprint density at radius 1 is 1.16 bits per heavy atom. The van der Waals surface area contributed by atoms with Gasteiger partial charge in [-0.05, 0) is 30.5 Å². The molecule has 0 saturated carbocycles. The molecule has 0 radical (unpaired) electrons. The van der Waals surface area contributed by atoms with Crippen LogP contribution in [0.2, 0.25) is 0 Å². The van der Waals surface area contributed by atoms with Crippen LogP contribution in [-0.4, -0.2) is 23.8 Å². The number of H-pyrrole nitrogens is 1. The molecule has 2 rings (SSSR count). The van der Waals surface area contributed by atoms with Crippen LogP contribution in [0.15, 0.2) is 29.2 Å². The van der Waals surface area contributed by atoms with Crippen LogP contribution in [0.4, 0.5) is 0 Å². The van der Waals surface area contributed by atoms with E-state index < -0.39 is 0 Å². The van der Waals surface area contributed by atoms with Gasteiger partial charge in [-0.3, -0.25) is 4.57 Å². The molecule has 5 heteroatoms. The maximum atomic E-state index is 11.3. The molecule has 1 aromatic heterocycles. The van der Waals surface area contributed by atoms with Crippen LogP contribution < -0.4 is 15.2 Å². The second kappa shape index (κ2) is 5.65. The van der Waals surface area contributed by atoms with Gasteiger partial charge in [0.05, 0.1) is 14.2 Å². The summed E-state index contributed by atoms with van der Waals surface area (Å²) in [5.74, 6) is 1.45. The maximum Gasteiger partial charge on any atom is 0.325 e. The average molecular weight is 262 g/mol. The van der Waals surface area contributed by atoms with Crippen molar-refractivity contribution in [2.45, 2.75) is 12.8 Å². The van der Waals surface area contributed by atoms with E-state index in [1.54, 1.807) is 32.0 Å². The third kappa shape index (κ3) is 2.81. The lowest BCUT2D eigenvalue weighted by Crippen LogP contribution is -2.14. The second-order valence-corrected chi connectivity index (χ2v) is 4.33. The van der Waals surface area contributed by atoms with E-state index in [9.17, 15) is 4.79 Å². The number of aromatic nitrogens is 2. The zero-order valence-corrected chi connectivity index (χ0v) is 11.4. The van der Waals surface area contributed by atoms with Crippen molar-refractivity contribution >= 4 is 0 Å². The smallest absolute Gasteiger partial charge is 0.325 e. The van der Waals surface area contributed by atoms with Crippen molar-refractivity contribution in [2.75, 3.05) is 14.2 Å². The summed E-state index contributed by atoms with van der Waals surface area (Å²) in [6.45, 7) is 0. The summed E-state index contributed by atoms with van der Waals surface area (Å²) in [6, 6.07) is 5.86. The van der Waals surface area contributed by atoms with Gasteiger partial charge in [-0.2, -0.15) is 0 Å². The predicted octanol–water partition coefficient (Wildman–Crippen LogP) is 1.52. The zero-order chi connectivity index (χ0) is 13.8. The summed E-state index contributed by atoms with van der Waals surface area (Å²) in [6.07, 6.45) is 3.39. The molecule has 2 aromatic rings. The lowest BCUT2D eigenvalue weighted by Gasteiger charge is -2.09. The highest BCUT2D eigenvalue weighted by Gasteiger charge is 2.06. The summed E-state index contributed by atoms with van der Waals surface area (Å²) in [5.41, 5.74) is 2.05. The van der Waals surface area contributed by atoms with E-state index >= 15 is 0 Å². The van der Waals surface area contributed by atoms with Gasteiger partial charge < -0.3 is 14.5 Å². The number of aromatic amines is 1. The number of nitrogens with zero attached hydrogens (tertiary/aromatic N) is 1. The molecule has 0 aliphatic rings. The van der Waals surface area contributed by atoms with Crippen LogP contribution in [0.5, 0.6) is 11.5 Å². The van der Waals surface area contributed by atoms with E-state index in [4.69, 9.17) is 9.47 Å². The molecule has 0 aliphatic heterocycles. The third-order valence-electron chi connectivity index (χ3n) is 3.22. The van der Waals surface area contributed by atoms with Crippen molar-refractivity contribution in [1.82, 2.24) is 9.55 Å². The molecular weight excluding hydrogens is 244 g/mol. The lowest BCUT2D eigenvalue weighted by molar-refractivity contribution is 0.354. The van der Waals surface area contributed by atoms with Gasteiger partial charge in [0.25, 0.3) is 0 Å². The molecule has 0 bridgehead atoms. The molecule has 0 unspecified atom stereocenters. The Hall–Kier alpha value is -2.17. The summed E-state index contributed by atoms with van der Waals surface area (Å²) in [4.78, 5) is 14.0. The largest absolute Gasteiger partial charge is 0.493 e. The van der Waals surface area contributed by atoms with Gasteiger partial charge in [-0.15, -0.1) is 0 Å². The minimum Gasteiger partial charge on any atom is -0.493 e. The first-order valence-electron chi connectivity index (χ1n) is 6.10. The number of hydrogen-bond acceptors (Lipinski definition) is 3. The van der Waals surface area contributed by atoms with Gasteiger partial charge in [0.15, 0.2) is 11.5 Å². The highest BCUT2D eigenvalue weighted by Crippen LogP contribution is 2.27. The Morgan fingerprint density at radius 2 is 1.89 bits per heavy atom. The highest BCUT2D eigenvalue weighted by molar-refractivity contribution is 5.43. The summed E-state index contributed by atoms with van der Waals surface area (Å²) in [5, 5.41) is 0. The van der Waals surface area contributed by atoms with Gasteiger partial charge >= 0.3 is 5.69 Å². The topological polar surface area (TPSA) is 56.2 Å². The fraction of sp³-hybridized carbons (Fsp3) is 0.357. The normalized spacial score (nSPS) is 10.5. The predicted molar refractivity (Wildman–Crippen MR) is 73.0 cm³/mol. The van der Waals surface area contributed by atoms with E-state index in [0.29, 0.717) is 0 Å². The van der Waals surface area contributed by atoms with E-state index in [0.717, 1.165) is 35.6 Å². The lowest BCUT2D eigenvalue weighted by atomic mass is 10.1. The maximum absolute atomic E-state index is 11.3. The van der Waals surface area contributed by atoms with Crippen LogP contribution in [0.1, 0.15) is 11.3 Å². The van der Waals surface area contributed by atoms with Crippen LogP contribution >= 0.6 is 0 Å². The molecule has 0 spiro atoms. The number of imidazole rings is 1. The molecule has 102 valence electrons. The monoisotopic (exact) mass is 262 g/mol. The highest BCUT2D eigenvalue weighted by atomic mass is 16.5. The molecule has 1 N–H and O–H groups in total. The number of hydrogen-bond donors (Lipinski definition) is 1. The quantitative estimate of drug-likeness (QED) is 0.888. The molecule has 0 saturated heterocycles. The minimum atomic E-state index is -0.0812. The standard InChI is InChI=1S/C14H18N2O3/c1-16-11(9-15-14(16)17)6-4-10-5-7-12(18-2)13(8-10)19-3/h5,7-9H,4,6H2,1-3H3,(H,15,17). The van der Waals surface area contributed by atoms with Crippen molar-refractivity contribution in [3.8, 4) is 11.5 Å². The molecule has 0 aliphatic carbocycles. The zero-order valence-electron chi connectivity index (χ0n) is 11.4.